The number of ether oxygens (including phenoxy) is 4. The molecule has 0 heterocycles. The largest absolute Gasteiger partial charge is 0.461 e. The van der Waals surface area contributed by atoms with E-state index in [2.05, 4.69) is 187 Å². The molecule has 10 aromatic rings. The number of esters is 3. The molecule has 0 bridgehead atoms. The number of aliphatic hydroxyl groups excluding tert-OH is 1. The maximum absolute atomic E-state index is 13.1. The van der Waals surface area contributed by atoms with E-state index in [0.717, 1.165) is 145 Å². The number of hydrogen-bond donors (Lipinski definition) is 1. The van der Waals surface area contributed by atoms with E-state index in [-0.39, 0.29) is 57.0 Å². The number of aryl methyl sites for hydroxylation is 10. The van der Waals surface area contributed by atoms with Crippen molar-refractivity contribution < 1.29 is 38.4 Å². The molecule has 0 amide bonds. The van der Waals surface area contributed by atoms with Gasteiger partial charge in [-0.2, -0.15) is 0 Å². The lowest BCUT2D eigenvalue weighted by molar-refractivity contribution is -0.145. The summed E-state index contributed by atoms with van der Waals surface area (Å²) in [6, 6.07) is 70.5. The van der Waals surface area contributed by atoms with E-state index in [9.17, 15) is 19.5 Å². The standard InChI is InChI=1S/C90H90N2O8/c1-11-67-15-23-71(24-16-67)57-97-87(93)47-37-75-31-41-81(53-61(75)5)91(82-42-32-76(62(6)54-82)38-48-88(94)98-58-72-25-17-68(12-2)18-26-72)85-45-35-79(51-65(85)9)80-36-46-86(66(10)52-80)92(83-43-33-77(63(7)55-83)39-49-89(95)99-59-73-27-19-69(13-3)20-28-73)84-44-34-78(64(8)56-84)40-50-90(96)100-60-74-29-21-70(14-4)22-30-74/h11-36,41-46,51-56,87,93H,1-4,37-40,47-50,57-60H2,5-10H3. The fourth-order valence-electron chi connectivity index (χ4n) is 12.4. The van der Waals surface area contributed by atoms with Gasteiger partial charge in [0.1, 0.15) is 19.8 Å². The number of aliphatic hydroxyl groups is 1. The molecular formula is C90H90N2O8. The fraction of sp³-hybridized carbons (Fsp3) is 0.211. The van der Waals surface area contributed by atoms with Gasteiger partial charge in [0.2, 0.25) is 0 Å². The van der Waals surface area contributed by atoms with Crippen LogP contribution in [0.1, 0.15) is 126 Å². The van der Waals surface area contributed by atoms with Gasteiger partial charge in [-0.15, -0.1) is 0 Å². The summed E-state index contributed by atoms with van der Waals surface area (Å²) >= 11 is 0. The zero-order valence-electron chi connectivity index (χ0n) is 58.5. The third kappa shape index (κ3) is 19.3. The molecule has 0 aliphatic rings. The Morgan fingerprint density at radius 1 is 0.350 bits per heavy atom. The maximum Gasteiger partial charge on any atom is 0.306 e. The molecule has 0 radical (unpaired) electrons. The van der Waals surface area contributed by atoms with Crippen LogP contribution < -0.4 is 9.80 Å². The zero-order valence-corrected chi connectivity index (χ0v) is 58.5. The molecule has 0 aliphatic carbocycles. The quantitative estimate of drug-likeness (QED) is 0.0248. The summed E-state index contributed by atoms with van der Waals surface area (Å²) in [5.41, 5.74) is 26.5. The number of benzene rings is 10. The highest BCUT2D eigenvalue weighted by Crippen LogP contribution is 2.43. The summed E-state index contributed by atoms with van der Waals surface area (Å²) in [4.78, 5) is 43.9. The van der Waals surface area contributed by atoms with E-state index in [1.54, 1.807) is 24.3 Å². The molecule has 0 aromatic heterocycles. The number of carbonyl (C=O) groups excluding carboxylic acids is 3. The Bertz CT molecular complexity index is 4430. The van der Waals surface area contributed by atoms with Crippen molar-refractivity contribution in [2.75, 3.05) is 9.80 Å². The number of rotatable bonds is 32. The lowest BCUT2D eigenvalue weighted by atomic mass is 9.97. The average Bonchev–Trinajstić information content (AvgIpc) is 0.780. The Morgan fingerprint density at radius 3 is 0.900 bits per heavy atom. The molecule has 0 fully saturated rings. The predicted molar refractivity (Wildman–Crippen MR) is 409 cm³/mol. The van der Waals surface area contributed by atoms with Crippen LogP contribution in [0.15, 0.2) is 233 Å². The van der Waals surface area contributed by atoms with Crippen LogP contribution in [0.2, 0.25) is 0 Å². The summed E-state index contributed by atoms with van der Waals surface area (Å²) in [5, 5.41) is 11.0. The van der Waals surface area contributed by atoms with Crippen LogP contribution in [0.4, 0.5) is 34.1 Å². The molecule has 1 atom stereocenters. The third-order valence-electron chi connectivity index (χ3n) is 18.5. The van der Waals surface area contributed by atoms with Crippen molar-refractivity contribution in [3.05, 3.63) is 333 Å². The Balaban J connectivity index is 0.905. The van der Waals surface area contributed by atoms with Gasteiger partial charge in [0.25, 0.3) is 0 Å². The van der Waals surface area contributed by atoms with Crippen LogP contribution in [0.3, 0.4) is 0 Å². The highest BCUT2D eigenvalue weighted by atomic mass is 16.6. The van der Waals surface area contributed by atoms with Crippen molar-refractivity contribution in [1.29, 1.82) is 0 Å². The van der Waals surface area contributed by atoms with Gasteiger partial charge in [0.15, 0.2) is 6.29 Å². The van der Waals surface area contributed by atoms with Crippen LogP contribution in [-0.2, 0) is 85.4 Å². The van der Waals surface area contributed by atoms with E-state index in [1.807, 2.05) is 97.1 Å². The summed E-state index contributed by atoms with van der Waals surface area (Å²) in [6.07, 6.45) is 9.65. The van der Waals surface area contributed by atoms with Gasteiger partial charge >= 0.3 is 17.9 Å². The first-order valence-corrected chi connectivity index (χ1v) is 34.3. The minimum atomic E-state index is -0.929. The van der Waals surface area contributed by atoms with Crippen molar-refractivity contribution >= 4 is 76.3 Å². The first-order chi connectivity index (χ1) is 48.4. The van der Waals surface area contributed by atoms with Crippen molar-refractivity contribution in [2.24, 2.45) is 0 Å². The molecule has 10 nitrogen and oxygen atoms in total. The Kier molecular flexibility index (Phi) is 24.8. The van der Waals surface area contributed by atoms with Gasteiger partial charge in [-0.1, -0.05) is 184 Å². The Morgan fingerprint density at radius 2 is 0.630 bits per heavy atom. The van der Waals surface area contributed by atoms with Gasteiger partial charge < -0.3 is 33.9 Å². The first kappa shape index (κ1) is 71.9. The molecule has 0 aliphatic heterocycles. The van der Waals surface area contributed by atoms with Crippen molar-refractivity contribution in [3.63, 3.8) is 0 Å². The molecule has 10 rings (SSSR count). The highest BCUT2D eigenvalue weighted by molar-refractivity contribution is 5.85. The van der Waals surface area contributed by atoms with E-state index >= 15 is 0 Å². The third-order valence-corrected chi connectivity index (χ3v) is 18.5. The SMILES string of the molecule is C=Cc1ccc(COC(=O)CCc2ccc(N(c3ccc(CCC(=O)OCc4ccc(C=C)cc4)c(C)c3)c3ccc(-c4ccc(N(c5ccc(CCC(=O)OCc6ccc(C=C)cc6)c(C)c5)c5ccc(CCC(O)OCc6ccc(C=C)cc6)c(C)c5)c(C)c4)cc3C)cc2C)cc1. The van der Waals surface area contributed by atoms with Gasteiger partial charge in [0.05, 0.1) is 6.61 Å². The van der Waals surface area contributed by atoms with E-state index in [0.29, 0.717) is 38.7 Å². The molecule has 10 aromatic carbocycles. The summed E-state index contributed by atoms with van der Waals surface area (Å²) in [7, 11) is 0. The Labute approximate surface area is 590 Å². The minimum absolute atomic E-state index is 0.210. The zero-order chi connectivity index (χ0) is 70.7. The van der Waals surface area contributed by atoms with Crippen LogP contribution in [0.25, 0.3) is 35.4 Å². The van der Waals surface area contributed by atoms with Crippen LogP contribution in [0, 0.1) is 41.5 Å². The van der Waals surface area contributed by atoms with E-state index < -0.39 is 6.29 Å². The fourth-order valence-corrected chi connectivity index (χ4v) is 12.4. The van der Waals surface area contributed by atoms with E-state index in [4.69, 9.17) is 18.9 Å². The molecular weight excluding hydrogens is 1240 g/mol. The number of carbonyl (C=O) groups is 3. The summed E-state index contributed by atoms with van der Waals surface area (Å²) in [5.74, 6) is -0.761. The highest BCUT2D eigenvalue weighted by Gasteiger charge is 2.22. The first-order valence-electron chi connectivity index (χ1n) is 34.3. The molecule has 10 heteroatoms. The molecule has 100 heavy (non-hydrogen) atoms. The lowest BCUT2D eigenvalue weighted by Gasteiger charge is -2.29. The van der Waals surface area contributed by atoms with Gasteiger partial charge in [-0.25, -0.2) is 0 Å². The van der Waals surface area contributed by atoms with Gasteiger partial charge in [0, 0.05) is 59.8 Å². The second-order valence-corrected chi connectivity index (χ2v) is 25.7. The average molecular weight is 1330 g/mol. The normalized spacial score (nSPS) is 11.3. The molecule has 1 N–H and O–H groups in total. The van der Waals surface area contributed by atoms with Crippen LogP contribution in [-0.4, -0.2) is 29.3 Å². The van der Waals surface area contributed by atoms with Crippen LogP contribution >= 0.6 is 0 Å². The van der Waals surface area contributed by atoms with Crippen LogP contribution in [0.5, 0.6) is 0 Å². The molecule has 0 saturated carbocycles. The maximum atomic E-state index is 13.1. The second kappa shape index (κ2) is 34.5. The summed E-state index contributed by atoms with van der Waals surface area (Å²) < 4.78 is 23.0. The van der Waals surface area contributed by atoms with Crippen molar-refractivity contribution in [2.45, 2.75) is 126 Å². The lowest BCUT2D eigenvalue weighted by Crippen LogP contribution is -2.14. The molecule has 0 spiro atoms. The predicted octanol–water partition coefficient (Wildman–Crippen LogP) is 21.2. The number of nitrogens with zero attached hydrogens (tertiary/aromatic N) is 2. The smallest absolute Gasteiger partial charge is 0.306 e. The van der Waals surface area contributed by atoms with Crippen molar-refractivity contribution in [3.8, 4) is 11.1 Å². The monoisotopic (exact) mass is 1330 g/mol. The molecule has 508 valence electrons. The number of hydrogen-bond acceptors (Lipinski definition) is 10. The molecule has 1 unspecified atom stereocenters. The minimum Gasteiger partial charge on any atom is -0.461 e. The van der Waals surface area contributed by atoms with E-state index in [1.165, 1.54) is 0 Å². The van der Waals surface area contributed by atoms with Gasteiger partial charge in [-0.3, -0.25) is 14.4 Å². The number of anilines is 6. The van der Waals surface area contributed by atoms with Gasteiger partial charge in [-0.05, 0) is 251 Å². The molecule has 0 saturated heterocycles. The Hall–Kier alpha value is -10.9. The van der Waals surface area contributed by atoms with Crippen molar-refractivity contribution in [1.82, 2.24) is 0 Å². The summed E-state index contributed by atoms with van der Waals surface area (Å²) in [6.45, 7) is 29.0. The topological polar surface area (TPSA) is 115 Å². The second-order valence-electron chi connectivity index (χ2n) is 25.7.